The van der Waals surface area contributed by atoms with Crippen molar-refractivity contribution in [1.29, 1.82) is 0 Å². The summed E-state index contributed by atoms with van der Waals surface area (Å²) in [5.41, 5.74) is 1.68. The van der Waals surface area contributed by atoms with Gasteiger partial charge in [0, 0.05) is 0 Å². The summed E-state index contributed by atoms with van der Waals surface area (Å²) in [5, 5.41) is -0.544. The maximum atomic E-state index is 13.6. The van der Waals surface area contributed by atoms with Crippen molar-refractivity contribution in [3.63, 3.8) is 0 Å². The highest BCUT2D eigenvalue weighted by molar-refractivity contribution is 7.90. The largest absolute Gasteiger partial charge is 0.272 e. The Kier molecular flexibility index (Phi) is 8.85. The molecule has 1 heterocycles. The fraction of sp³-hybridized carbons (Fsp3) is 0.400. The van der Waals surface area contributed by atoms with Crippen LogP contribution in [0.5, 0.6) is 0 Å². The first-order chi connectivity index (χ1) is 14.4. The Morgan fingerprint density at radius 3 is 2.13 bits per heavy atom. The number of allylic oxidation sites excluding steroid dienone is 8. The van der Waals surface area contributed by atoms with Crippen LogP contribution in [0.2, 0.25) is 0 Å². The molecule has 2 aliphatic rings. The first kappa shape index (κ1) is 23.9. The molecule has 4 nitrogen and oxygen atoms in total. The van der Waals surface area contributed by atoms with Crippen LogP contribution in [-0.4, -0.2) is 23.9 Å². The zero-order chi connectivity index (χ0) is 22.1. The maximum Gasteiger partial charge on any atom is 0.252 e. The minimum Gasteiger partial charge on any atom is -0.272 e. The third kappa shape index (κ3) is 5.01. The van der Waals surface area contributed by atoms with Gasteiger partial charge in [-0.3, -0.25) is 4.79 Å². The Morgan fingerprint density at radius 2 is 1.60 bits per heavy atom. The summed E-state index contributed by atoms with van der Waals surface area (Å²) in [4.78, 5) is 13.6. The van der Waals surface area contributed by atoms with Gasteiger partial charge in [0.25, 0.3) is 5.91 Å². The molecule has 1 aliphatic heterocycles. The lowest BCUT2D eigenvalue weighted by Gasteiger charge is -2.27. The van der Waals surface area contributed by atoms with Crippen LogP contribution < -0.4 is 0 Å². The van der Waals surface area contributed by atoms with E-state index in [1.54, 1.807) is 36.5 Å². The molecule has 0 aromatic rings. The van der Waals surface area contributed by atoms with Crippen molar-refractivity contribution < 1.29 is 13.2 Å². The van der Waals surface area contributed by atoms with E-state index in [4.69, 9.17) is 0 Å². The third-order valence-corrected chi connectivity index (χ3v) is 7.90. The highest BCUT2D eigenvalue weighted by Gasteiger charge is 2.46. The van der Waals surface area contributed by atoms with Crippen molar-refractivity contribution in [3.8, 4) is 0 Å². The molecule has 30 heavy (non-hydrogen) atoms. The summed E-state index contributed by atoms with van der Waals surface area (Å²) < 4.78 is 28.3. The van der Waals surface area contributed by atoms with Crippen molar-refractivity contribution >= 4 is 15.9 Å². The molecule has 0 aromatic heterocycles. The van der Waals surface area contributed by atoms with Gasteiger partial charge < -0.3 is 0 Å². The van der Waals surface area contributed by atoms with Crippen LogP contribution in [0, 0.1) is 5.92 Å². The average Bonchev–Trinajstić information content (AvgIpc) is 2.98. The van der Waals surface area contributed by atoms with Crippen LogP contribution in [0.25, 0.3) is 0 Å². The maximum absolute atomic E-state index is 13.6. The molecule has 0 spiro atoms. The van der Waals surface area contributed by atoms with Gasteiger partial charge in [0.1, 0.15) is 0 Å². The van der Waals surface area contributed by atoms with Crippen LogP contribution in [0.3, 0.4) is 0 Å². The number of rotatable bonds is 8. The summed E-state index contributed by atoms with van der Waals surface area (Å²) in [6.45, 7) is 13.0. The van der Waals surface area contributed by atoms with Gasteiger partial charge in [-0.05, 0) is 37.0 Å². The van der Waals surface area contributed by atoms with Crippen molar-refractivity contribution in [2.24, 2.45) is 5.92 Å². The molecular weight excluding hydrogens is 394 g/mol. The molecule has 1 aliphatic carbocycles. The standard InChI is InChI=1S/C25H33NO3S/c1-5-9-16-20(7-3)24-22(19-10-6-2)23(8-4)26(25(24)27)30(28,29)21-17-14-12-11-13-15-18-21/h5-10,16,19,21,24H,1-2,4,11-15,17-18H2,3H3/b16-9-,19-10-,20-7+. The van der Waals surface area contributed by atoms with E-state index in [0.717, 1.165) is 42.0 Å². The van der Waals surface area contributed by atoms with E-state index in [0.29, 0.717) is 24.1 Å². The summed E-state index contributed by atoms with van der Waals surface area (Å²) in [5.74, 6) is -1.16. The molecule has 0 aromatic carbocycles. The third-order valence-electron chi connectivity index (χ3n) is 5.70. The van der Waals surface area contributed by atoms with E-state index >= 15 is 0 Å². The minimum absolute atomic E-state index is 0.344. The highest BCUT2D eigenvalue weighted by Crippen LogP contribution is 2.40. The normalized spacial score (nSPS) is 22.6. The minimum atomic E-state index is -3.84. The molecule has 0 N–H and O–H groups in total. The number of hydrogen-bond donors (Lipinski definition) is 0. The Bertz CT molecular complexity index is 895. The van der Waals surface area contributed by atoms with Crippen molar-refractivity contribution in [2.45, 2.75) is 57.1 Å². The van der Waals surface area contributed by atoms with Crippen LogP contribution in [-0.2, 0) is 14.8 Å². The number of amides is 1. The van der Waals surface area contributed by atoms with Gasteiger partial charge in [-0.2, -0.15) is 0 Å². The molecule has 5 heteroatoms. The Balaban J connectivity index is 2.59. The number of hydrogen-bond acceptors (Lipinski definition) is 3. The molecule has 1 atom stereocenters. The fourth-order valence-corrected chi connectivity index (χ4v) is 6.21. The van der Waals surface area contributed by atoms with Crippen LogP contribution in [0.1, 0.15) is 51.9 Å². The van der Waals surface area contributed by atoms with Crippen molar-refractivity contribution in [3.05, 3.63) is 85.2 Å². The predicted octanol–water partition coefficient (Wildman–Crippen LogP) is 5.76. The lowest BCUT2D eigenvalue weighted by molar-refractivity contribution is -0.125. The van der Waals surface area contributed by atoms with Crippen LogP contribution in [0.15, 0.2) is 85.2 Å². The molecule has 162 valence electrons. The number of carbonyl (C=O) groups is 1. The van der Waals surface area contributed by atoms with E-state index in [1.165, 1.54) is 6.08 Å². The number of sulfonamides is 1. The Morgan fingerprint density at radius 1 is 1.00 bits per heavy atom. The summed E-state index contributed by atoms with van der Waals surface area (Å²) >= 11 is 0. The quantitative estimate of drug-likeness (QED) is 0.463. The molecular formula is C25H33NO3S. The average molecular weight is 428 g/mol. The van der Waals surface area contributed by atoms with Crippen LogP contribution in [0.4, 0.5) is 0 Å². The summed E-state index contributed by atoms with van der Waals surface area (Å²) in [6, 6.07) is 0. The van der Waals surface area contributed by atoms with Gasteiger partial charge >= 0.3 is 0 Å². The topological polar surface area (TPSA) is 54.5 Å². The molecule has 0 bridgehead atoms. The van der Waals surface area contributed by atoms with Crippen molar-refractivity contribution in [1.82, 2.24) is 4.31 Å². The lowest BCUT2D eigenvalue weighted by Crippen LogP contribution is -2.41. The van der Waals surface area contributed by atoms with E-state index in [-0.39, 0.29) is 0 Å². The Hall–Kier alpha value is -2.40. The first-order valence-corrected chi connectivity index (χ1v) is 12.1. The van der Waals surface area contributed by atoms with E-state index in [2.05, 4.69) is 19.7 Å². The monoisotopic (exact) mass is 427 g/mol. The molecule has 2 rings (SSSR count). The molecule has 1 amide bonds. The molecule has 1 unspecified atom stereocenters. The van der Waals surface area contributed by atoms with Gasteiger partial charge in [0.05, 0.1) is 16.9 Å². The van der Waals surface area contributed by atoms with Crippen molar-refractivity contribution in [2.75, 3.05) is 0 Å². The number of nitrogens with zero attached hydrogens (tertiary/aromatic N) is 1. The van der Waals surface area contributed by atoms with E-state index < -0.39 is 27.1 Å². The highest BCUT2D eigenvalue weighted by atomic mass is 32.2. The lowest BCUT2D eigenvalue weighted by atomic mass is 9.90. The molecule has 1 fully saturated rings. The predicted molar refractivity (Wildman–Crippen MR) is 125 cm³/mol. The van der Waals surface area contributed by atoms with Gasteiger partial charge in [0.2, 0.25) is 10.0 Å². The fourth-order valence-electron chi connectivity index (χ4n) is 4.18. The molecule has 0 radical (unpaired) electrons. The summed E-state index contributed by atoms with van der Waals surface area (Å²) in [6.07, 6.45) is 19.7. The van der Waals surface area contributed by atoms with Gasteiger partial charge in [-0.15, -0.1) is 0 Å². The van der Waals surface area contributed by atoms with E-state index in [1.807, 2.05) is 13.0 Å². The van der Waals surface area contributed by atoms with Gasteiger partial charge in [-0.25, -0.2) is 12.7 Å². The second kappa shape index (κ2) is 11.1. The Labute approximate surface area is 181 Å². The zero-order valence-corrected chi connectivity index (χ0v) is 18.7. The second-order valence-electron chi connectivity index (χ2n) is 7.57. The number of carbonyl (C=O) groups excluding carboxylic acids is 1. The van der Waals surface area contributed by atoms with Crippen LogP contribution >= 0.6 is 0 Å². The van der Waals surface area contributed by atoms with E-state index in [9.17, 15) is 13.2 Å². The van der Waals surface area contributed by atoms with Gasteiger partial charge in [-0.1, -0.05) is 94.4 Å². The SMILES string of the molecule is C=C/C=C\C1=C(C=C)N(S(=O)(=O)C2CCCCCCC2)C(=O)C1C(/C=C\C=C)=C/C. The molecule has 0 saturated heterocycles. The smallest absolute Gasteiger partial charge is 0.252 e. The first-order valence-electron chi connectivity index (χ1n) is 10.6. The molecule has 1 saturated carbocycles. The second-order valence-corrected chi connectivity index (χ2v) is 9.63. The zero-order valence-electron chi connectivity index (χ0n) is 17.9. The summed E-state index contributed by atoms with van der Waals surface area (Å²) in [7, 11) is -3.84. The van der Waals surface area contributed by atoms with Gasteiger partial charge in [0.15, 0.2) is 0 Å².